The van der Waals surface area contributed by atoms with Gasteiger partial charge >= 0.3 is 0 Å². The number of aryl methyl sites for hydroxylation is 2. The van der Waals surface area contributed by atoms with Crippen LogP contribution in [0, 0.1) is 34.1 Å². The molecule has 35 heavy (non-hydrogen) atoms. The minimum atomic E-state index is -4.34. The molecular weight excluding hydrogens is 506 g/mol. The van der Waals surface area contributed by atoms with Gasteiger partial charge in [0.1, 0.15) is 0 Å². The Bertz CT molecular complexity index is 1310. The number of hydrogen-bond donors (Lipinski definition) is 0. The van der Waals surface area contributed by atoms with Gasteiger partial charge in [0.05, 0.1) is 33.0 Å². The Morgan fingerprint density at radius 1 is 0.771 bits per heavy atom. The highest BCUT2D eigenvalue weighted by Crippen LogP contribution is 2.28. The zero-order chi connectivity index (χ0) is 26.1. The molecule has 1 fully saturated rings. The topological polar surface area (TPSA) is 181 Å². The van der Waals surface area contributed by atoms with Crippen molar-refractivity contribution in [2.45, 2.75) is 23.6 Å². The first-order valence-corrected chi connectivity index (χ1v) is 12.9. The van der Waals surface area contributed by atoms with Gasteiger partial charge in [-0.2, -0.15) is 8.61 Å². The van der Waals surface area contributed by atoms with E-state index in [1.54, 1.807) is 0 Å². The van der Waals surface area contributed by atoms with E-state index in [9.17, 15) is 41.9 Å². The van der Waals surface area contributed by atoms with Crippen LogP contribution in [-0.2, 0) is 24.8 Å². The number of nitro benzene ring substituents is 2. The number of benzene rings is 2. The van der Waals surface area contributed by atoms with Crippen LogP contribution in [0.4, 0.5) is 11.4 Å². The summed E-state index contributed by atoms with van der Waals surface area (Å²) in [5.74, 6) is 0. The number of carbonyl (C=O) groups excluding carboxylic acids is 1. The number of carbonyl (C=O) groups is 1. The first-order valence-electron chi connectivity index (χ1n) is 9.98. The lowest BCUT2D eigenvalue weighted by atomic mass is 10.2. The van der Waals surface area contributed by atoms with Gasteiger partial charge < -0.3 is 4.90 Å². The molecule has 0 saturated carbocycles. The van der Waals surface area contributed by atoms with Crippen LogP contribution in [0.15, 0.2) is 46.2 Å². The van der Waals surface area contributed by atoms with Crippen molar-refractivity contribution in [2.75, 3.05) is 26.4 Å². The molecular formula is C19H21N5O9S2. The van der Waals surface area contributed by atoms with Gasteiger partial charge in [0.15, 0.2) is 0 Å². The van der Waals surface area contributed by atoms with E-state index in [0.29, 0.717) is 0 Å². The lowest BCUT2D eigenvalue weighted by molar-refractivity contribution is -0.385. The smallest absolute Gasteiger partial charge is 0.273 e. The second-order valence-corrected chi connectivity index (χ2v) is 11.6. The number of sulfonamides is 2. The molecule has 2 aromatic carbocycles. The van der Waals surface area contributed by atoms with E-state index in [2.05, 4.69) is 0 Å². The molecule has 0 radical (unpaired) electrons. The fourth-order valence-corrected chi connectivity index (χ4v) is 6.31. The summed E-state index contributed by atoms with van der Waals surface area (Å²) in [6.07, 6.45) is 0.269. The summed E-state index contributed by atoms with van der Waals surface area (Å²) in [7, 11) is -8.68. The molecule has 1 aliphatic rings. The molecule has 0 N–H and O–H groups in total. The molecule has 14 nitrogen and oxygen atoms in total. The van der Waals surface area contributed by atoms with Crippen molar-refractivity contribution in [2.24, 2.45) is 0 Å². The molecule has 0 aromatic heterocycles. The summed E-state index contributed by atoms with van der Waals surface area (Å²) < 4.78 is 54.4. The number of nitro groups is 2. The highest BCUT2D eigenvalue weighted by Gasteiger charge is 2.35. The third-order valence-electron chi connectivity index (χ3n) is 5.46. The van der Waals surface area contributed by atoms with Crippen LogP contribution in [0.25, 0.3) is 0 Å². The molecule has 0 bridgehead atoms. The van der Waals surface area contributed by atoms with Gasteiger partial charge in [-0.3, -0.25) is 25.0 Å². The predicted molar refractivity (Wildman–Crippen MR) is 121 cm³/mol. The van der Waals surface area contributed by atoms with E-state index in [1.165, 1.54) is 38.1 Å². The molecule has 188 valence electrons. The summed E-state index contributed by atoms with van der Waals surface area (Å²) in [6, 6.07) is 6.74. The zero-order valence-electron chi connectivity index (χ0n) is 18.6. The van der Waals surface area contributed by atoms with Crippen molar-refractivity contribution >= 4 is 37.8 Å². The van der Waals surface area contributed by atoms with Gasteiger partial charge in [-0.15, -0.1) is 0 Å². The molecule has 0 unspecified atom stereocenters. The van der Waals surface area contributed by atoms with Crippen molar-refractivity contribution in [1.29, 1.82) is 0 Å². The van der Waals surface area contributed by atoms with Gasteiger partial charge in [-0.1, -0.05) is 12.1 Å². The number of hydrogen-bond acceptors (Lipinski definition) is 9. The summed E-state index contributed by atoms with van der Waals surface area (Å²) in [5.41, 5.74) is -0.302. The van der Waals surface area contributed by atoms with E-state index < -0.39 is 54.6 Å². The molecule has 1 amide bonds. The third-order valence-corrected chi connectivity index (χ3v) is 9.11. The first kappa shape index (κ1) is 26.1. The third kappa shape index (κ3) is 5.14. The second-order valence-electron chi connectivity index (χ2n) is 7.75. The Kier molecular flexibility index (Phi) is 7.21. The second kappa shape index (κ2) is 9.65. The van der Waals surface area contributed by atoms with E-state index in [-0.39, 0.29) is 40.4 Å². The summed E-state index contributed by atoms with van der Waals surface area (Å²) in [6.45, 7) is 1.14. The van der Waals surface area contributed by atoms with Gasteiger partial charge in [-0.05, 0) is 26.0 Å². The predicted octanol–water partition coefficient (Wildman–Crippen LogP) is 1.19. The van der Waals surface area contributed by atoms with E-state index in [4.69, 9.17) is 0 Å². The maximum atomic E-state index is 13.2. The molecule has 1 heterocycles. The molecule has 2 aromatic rings. The number of nitrogens with zero attached hydrogens (tertiary/aromatic N) is 5. The minimum absolute atomic E-state index is 0.254. The molecule has 0 spiro atoms. The van der Waals surface area contributed by atoms with Gasteiger partial charge in [-0.25, -0.2) is 16.8 Å². The average molecular weight is 528 g/mol. The Morgan fingerprint density at radius 3 is 1.46 bits per heavy atom. The Hall–Kier alpha value is -3.47. The summed E-state index contributed by atoms with van der Waals surface area (Å²) in [5, 5.41) is 22.5. The van der Waals surface area contributed by atoms with Gasteiger partial charge in [0.2, 0.25) is 26.5 Å². The van der Waals surface area contributed by atoms with Crippen molar-refractivity contribution < 1.29 is 31.5 Å². The SMILES string of the molecule is Cc1ccc(S(=O)(=O)N2CCN(S(=O)(=O)c3ccc(C)c([N+](=O)[O-])c3)CN(C=O)C2)cc1[N+](=O)[O-]. The van der Waals surface area contributed by atoms with Crippen LogP contribution in [0.1, 0.15) is 11.1 Å². The molecule has 3 rings (SSSR count). The van der Waals surface area contributed by atoms with Crippen LogP contribution in [0.2, 0.25) is 0 Å². The molecule has 0 atom stereocenters. The monoisotopic (exact) mass is 527 g/mol. The van der Waals surface area contributed by atoms with E-state index in [0.717, 1.165) is 25.6 Å². The zero-order valence-corrected chi connectivity index (χ0v) is 20.2. The highest BCUT2D eigenvalue weighted by atomic mass is 32.2. The van der Waals surface area contributed by atoms with Gasteiger partial charge in [0.25, 0.3) is 11.4 Å². The van der Waals surface area contributed by atoms with Crippen LogP contribution < -0.4 is 0 Å². The molecule has 1 saturated heterocycles. The van der Waals surface area contributed by atoms with E-state index in [1.807, 2.05) is 0 Å². The largest absolute Gasteiger partial charge is 0.317 e. The quantitative estimate of drug-likeness (QED) is 0.290. The first-order chi connectivity index (χ1) is 16.3. The fourth-order valence-electron chi connectivity index (χ4n) is 3.46. The molecule has 0 aliphatic carbocycles. The maximum Gasteiger partial charge on any atom is 0.273 e. The molecule has 1 aliphatic heterocycles. The minimum Gasteiger partial charge on any atom is -0.317 e. The van der Waals surface area contributed by atoms with Crippen LogP contribution in [-0.4, -0.2) is 73.0 Å². The Labute approximate surface area is 200 Å². The summed E-state index contributed by atoms with van der Waals surface area (Å²) in [4.78, 5) is 32.8. The van der Waals surface area contributed by atoms with Crippen molar-refractivity contribution in [3.63, 3.8) is 0 Å². The average Bonchev–Trinajstić information content (AvgIpc) is 3.03. The molecule has 16 heteroatoms. The van der Waals surface area contributed by atoms with Crippen molar-refractivity contribution in [1.82, 2.24) is 13.5 Å². The lowest BCUT2D eigenvalue weighted by Gasteiger charge is -2.24. The normalized spacial score (nSPS) is 16.0. The van der Waals surface area contributed by atoms with Crippen LogP contribution in [0.5, 0.6) is 0 Å². The Balaban J connectivity index is 1.96. The number of amides is 1. The van der Waals surface area contributed by atoms with Gasteiger partial charge in [0, 0.05) is 36.3 Å². The standard InChI is InChI=1S/C19H21N5O9S2/c1-14-3-5-16(9-18(14)23(26)27)34(30,31)21-7-8-22(12-20(11-21)13-25)35(32,33)17-6-4-15(2)19(10-17)24(28)29/h3-6,9-10,13H,7-8,11-12H2,1-2H3. The Morgan fingerprint density at radius 2 is 1.14 bits per heavy atom. The fraction of sp³-hybridized carbons (Fsp3) is 0.316. The van der Waals surface area contributed by atoms with Crippen molar-refractivity contribution in [3.8, 4) is 0 Å². The van der Waals surface area contributed by atoms with Crippen LogP contribution in [0.3, 0.4) is 0 Å². The van der Waals surface area contributed by atoms with Crippen LogP contribution >= 0.6 is 0 Å². The lowest BCUT2D eigenvalue weighted by Crippen LogP contribution is -2.41. The maximum absolute atomic E-state index is 13.2. The number of rotatable bonds is 7. The highest BCUT2D eigenvalue weighted by molar-refractivity contribution is 7.89. The van der Waals surface area contributed by atoms with E-state index >= 15 is 0 Å². The van der Waals surface area contributed by atoms with Crippen molar-refractivity contribution in [3.05, 3.63) is 67.8 Å². The summed E-state index contributed by atoms with van der Waals surface area (Å²) >= 11 is 0.